The summed E-state index contributed by atoms with van der Waals surface area (Å²) < 4.78 is 36.2. The fraction of sp³-hybridized carbons (Fsp3) is 0.618. The third-order valence-electron chi connectivity index (χ3n) is 10.3. The highest BCUT2D eigenvalue weighted by atomic mass is 19.1. The summed E-state index contributed by atoms with van der Waals surface area (Å²) in [6.07, 6.45) is 9.87. The molecule has 1 saturated carbocycles. The fourth-order valence-electron chi connectivity index (χ4n) is 8.03. The smallest absolute Gasteiger partial charge is 0.247 e. The Bertz CT molecular complexity index is 1300. The first-order valence-electron chi connectivity index (χ1n) is 16.3. The number of aliphatic hydroxyl groups excluding tert-OH is 1. The second kappa shape index (κ2) is 13.1. The summed E-state index contributed by atoms with van der Waals surface area (Å²) in [5, 5.41) is 16.0. The summed E-state index contributed by atoms with van der Waals surface area (Å²) in [5.74, 6) is -0.894. The van der Waals surface area contributed by atoms with Crippen LogP contribution in [0.1, 0.15) is 75.3 Å². The number of aryl methyl sites for hydroxylation is 1. The van der Waals surface area contributed by atoms with Crippen molar-refractivity contribution < 1.29 is 23.4 Å². The Morgan fingerprint density at radius 3 is 2.53 bits per heavy atom. The lowest BCUT2D eigenvalue weighted by atomic mass is 9.68. The van der Waals surface area contributed by atoms with Crippen molar-refractivity contribution in [2.45, 2.75) is 94.7 Å². The highest BCUT2D eigenvalue weighted by Crippen LogP contribution is 2.51. The zero-order valence-electron chi connectivity index (χ0n) is 25.3. The second-order valence-corrected chi connectivity index (χ2v) is 13.1. The summed E-state index contributed by atoms with van der Waals surface area (Å²) >= 11 is 0. The molecule has 3 fully saturated rings. The molecule has 1 unspecified atom stereocenters. The Morgan fingerprint density at radius 1 is 1.05 bits per heavy atom. The minimum atomic E-state index is -0.643. The number of rotatable bonds is 5. The zero-order chi connectivity index (χ0) is 30.0. The molecule has 2 aromatic rings. The Kier molecular flexibility index (Phi) is 9.21. The van der Waals surface area contributed by atoms with Crippen LogP contribution in [0.25, 0.3) is 0 Å². The number of nitrogens with zero attached hydrogens (tertiary/aromatic N) is 2. The van der Waals surface area contributed by atoms with E-state index < -0.39 is 17.3 Å². The van der Waals surface area contributed by atoms with Crippen LogP contribution in [0, 0.1) is 18.6 Å². The summed E-state index contributed by atoms with van der Waals surface area (Å²) in [5.41, 5.74) is 2.85. The normalized spacial score (nSPS) is 26.2. The standard InChI is InChI=1S/C34H46F2N4O3/c1-23-9-10-29(36)30-31(23)38-32(34(30)12-7-5-3-2-4-6-8-13-34)33(42)37-25-17-24(35)18-27(19-25)39-14-11-26(20-39)40-15-16-43-28(21-40)22-41/h9-10,17-19,26,28,32,38,41H,2-8,11-16,20-22H2,1H3,(H,37,42)/t26-,28+,32?/m0/s1. The first-order chi connectivity index (χ1) is 20.9. The van der Waals surface area contributed by atoms with E-state index in [1.807, 2.05) is 13.0 Å². The van der Waals surface area contributed by atoms with Gasteiger partial charge in [-0.2, -0.15) is 0 Å². The van der Waals surface area contributed by atoms with Gasteiger partial charge in [-0.1, -0.05) is 51.0 Å². The van der Waals surface area contributed by atoms with Crippen LogP contribution in [0.15, 0.2) is 30.3 Å². The Hall–Kier alpha value is -2.75. The van der Waals surface area contributed by atoms with Gasteiger partial charge in [-0.3, -0.25) is 9.69 Å². The van der Waals surface area contributed by atoms with Crippen LogP contribution in [-0.4, -0.2) is 73.5 Å². The molecule has 3 aliphatic heterocycles. The molecule has 1 aliphatic carbocycles. The Balaban J connectivity index is 1.22. The number of aliphatic hydroxyl groups is 1. The number of hydrogen-bond acceptors (Lipinski definition) is 6. The molecule has 2 saturated heterocycles. The van der Waals surface area contributed by atoms with Gasteiger partial charge in [0.15, 0.2) is 0 Å². The topological polar surface area (TPSA) is 77.1 Å². The molecule has 9 heteroatoms. The number of carbonyl (C=O) groups excluding carboxylic acids is 1. The Morgan fingerprint density at radius 2 is 1.79 bits per heavy atom. The average Bonchev–Trinajstić information content (AvgIpc) is 3.63. The molecule has 0 bridgehead atoms. The van der Waals surface area contributed by atoms with E-state index in [2.05, 4.69) is 20.4 Å². The van der Waals surface area contributed by atoms with Gasteiger partial charge in [0.2, 0.25) is 5.91 Å². The molecule has 2 aromatic carbocycles. The maximum absolute atomic E-state index is 15.6. The summed E-state index contributed by atoms with van der Waals surface area (Å²) in [7, 11) is 0. The third kappa shape index (κ3) is 6.26. The highest BCUT2D eigenvalue weighted by Gasteiger charge is 2.51. The van der Waals surface area contributed by atoms with Crippen LogP contribution in [-0.2, 0) is 14.9 Å². The van der Waals surface area contributed by atoms with Crippen molar-refractivity contribution in [2.75, 3.05) is 54.9 Å². The van der Waals surface area contributed by atoms with Crippen molar-refractivity contribution in [2.24, 2.45) is 0 Å². The summed E-state index contributed by atoms with van der Waals surface area (Å²) in [6, 6.07) is 7.73. The number of amides is 1. The van der Waals surface area contributed by atoms with Crippen molar-refractivity contribution in [3.8, 4) is 0 Å². The van der Waals surface area contributed by atoms with Gasteiger partial charge < -0.3 is 25.4 Å². The van der Waals surface area contributed by atoms with Crippen LogP contribution in [0.2, 0.25) is 0 Å². The lowest BCUT2D eigenvalue weighted by Crippen LogP contribution is -2.49. The van der Waals surface area contributed by atoms with E-state index in [1.54, 1.807) is 12.1 Å². The molecule has 3 N–H and O–H groups in total. The predicted octanol–water partition coefficient (Wildman–Crippen LogP) is 5.74. The van der Waals surface area contributed by atoms with Crippen molar-refractivity contribution >= 4 is 23.0 Å². The van der Waals surface area contributed by atoms with Gasteiger partial charge in [0.25, 0.3) is 0 Å². The predicted molar refractivity (Wildman–Crippen MR) is 166 cm³/mol. The number of ether oxygens (including phenoxy) is 1. The molecule has 3 atom stereocenters. The lowest BCUT2D eigenvalue weighted by molar-refractivity contribution is -0.118. The van der Waals surface area contributed by atoms with Crippen molar-refractivity contribution in [3.05, 3.63) is 53.1 Å². The number of anilines is 3. The molecule has 3 heterocycles. The van der Waals surface area contributed by atoms with E-state index in [0.717, 1.165) is 81.5 Å². The van der Waals surface area contributed by atoms with Gasteiger partial charge in [0, 0.05) is 60.3 Å². The van der Waals surface area contributed by atoms with Gasteiger partial charge in [-0.25, -0.2) is 8.78 Å². The van der Waals surface area contributed by atoms with Crippen molar-refractivity contribution in [1.29, 1.82) is 0 Å². The zero-order valence-corrected chi connectivity index (χ0v) is 25.3. The number of fused-ring (bicyclic) bond motifs is 2. The first kappa shape index (κ1) is 30.3. The molecule has 1 spiro atoms. The molecule has 4 aliphatic rings. The average molecular weight is 597 g/mol. The Labute approximate surface area is 254 Å². The van der Waals surface area contributed by atoms with Crippen LogP contribution in [0.3, 0.4) is 0 Å². The molecule has 234 valence electrons. The minimum absolute atomic E-state index is 0.00825. The molecule has 0 radical (unpaired) electrons. The van der Waals surface area contributed by atoms with E-state index in [0.29, 0.717) is 30.4 Å². The van der Waals surface area contributed by atoms with Crippen molar-refractivity contribution in [1.82, 2.24) is 4.90 Å². The second-order valence-electron chi connectivity index (χ2n) is 13.1. The molecule has 1 amide bonds. The molecule has 6 rings (SSSR count). The lowest BCUT2D eigenvalue weighted by Gasteiger charge is -2.36. The minimum Gasteiger partial charge on any atom is -0.394 e. The van der Waals surface area contributed by atoms with Gasteiger partial charge in [0.1, 0.15) is 17.7 Å². The van der Waals surface area contributed by atoms with Crippen LogP contribution < -0.4 is 15.5 Å². The summed E-state index contributed by atoms with van der Waals surface area (Å²) in [6.45, 7) is 5.61. The van der Waals surface area contributed by atoms with Gasteiger partial charge in [-0.15, -0.1) is 0 Å². The first-order valence-corrected chi connectivity index (χ1v) is 16.3. The molecule has 0 aromatic heterocycles. The molecule has 43 heavy (non-hydrogen) atoms. The number of halogens is 2. The van der Waals surface area contributed by atoms with Crippen molar-refractivity contribution in [3.63, 3.8) is 0 Å². The molecular weight excluding hydrogens is 550 g/mol. The maximum atomic E-state index is 15.6. The van der Waals surface area contributed by atoms with Gasteiger partial charge >= 0.3 is 0 Å². The van der Waals surface area contributed by atoms with E-state index in [-0.39, 0.29) is 24.4 Å². The maximum Gasteiger partial charge on any atom is 0.247 e. The van der Waals surface area contributed by atoms with Gasteiger partial charge in [-0.05, 0) is 56.0 Å². The van der Waals surface area contributed by atoms with Gasteiger partial charge in [0.05, 0.1) is 19.3 Å². The molecular formula is C34H46F2N4O3. The fourth-order valence-corrected chi connectivity index (χ4v) is 8.03. The number of nitrogens with one attached hydrogen (secondary N) is 2. The monoisotopic (exact) mass is 596 g/mol. The van der Waals surface area contributed by atoms with E-state index in [1.165, 1.54) is 31.4 Å². The quantitative estimate of drug-likeness (QED) is 0.409. The number of benzene rings is 2. The SMILES string of the molecule is Cc1ccc(F)c2c1NC(C(=O)Nc1cc(F)cc(N3CC[C@H](N4CCO[C@@H](CO)C4)C3)c1)C21CCCCCCCCC1. The van der Waals surface area contributed by atoms with Crippen LogP contribution in [0.4, 0.5) is 25.8 Å². The third-order valence-corrected chi connectivity index (χ3v) is 10.3. The van der Waals surface area contributed by atoms with Crippen LogP contribution in [0.5, 0.6) is 0 Å². The molecule has 7 nitrogen and oxygen atoms in total. The number of hydrogen-bond donors (Lipinski definition) is 3. The number of carbonyl (C=O) groups is 1. The number of morpholine rings is 1. The van der Waals surface area contributed by atoms with E-state index >= 15 is 8.78 Å². The van der Waals surface area contributed by atoms with E-state index in [4.69, 9.17) is 4.74 Å². The largest absolute Gasteiger partial charge is 0.394 e. The van der Waals surface area contributed by atoms with E-state index in [9.17, 15) is 9.90 Å². The highest BCUT2D eigenvalue weighted by molar-refractivity contribution is 6.00. The van der Waals surface area contributed by atoms with Crippen LogP contribution >= 0.6 is 0 Å². The summed E-state index contributed by atoms with van der Waals surface area (Å²) in [4.78, 5) is 18.6.